The highest BCUT2D eigenvalue weighted by Gasteiger charge is 2.17. The highest BCUT2D eigenvalue weighted by atomic mass is 79.9. The van der Waals surface area contributed by atoms with E-state index in [0.717, 1.165) is 6.42 Å². The summed E-state index contributed by atoms with van der Waals surface area (Å²) in [5, 5.41) is 0.426. The van der Waals surface area contributed by atoms with Crippen LogP contribution in [0.5, 0.6) is 0 Å². The second-order valence-electron chi connectivity index (χ2n) is 3.56. The van der Waals surface area contributed by atoms with Crippen molar-refractivity contribution < 1.29 is 8.81 Å². The number of hydrogen-bond acceptors (Lipinski definition) is 2. The van der Waals surface area contributed by atoms with Crippen LogP contribution in [0.4, 0.5) is 4.39 Å². The second-order valence-corrected chi connectivity index (χ2v) is 4.82. The van der Waals surface area contributed by atoms with E-state index in [1.807, 2.05) is 6.92 Å². The van der Waals surface area contributed by atoms with Crippen LogP contribution in [0.1, 0.15) is 25.1 Å². The summed E-state index contributed by atoms with van der Waals surface area (Å²) in [6.07, 6.45) is 0.729. The minimum Gasteiger partial charge on any atom is -0.458 e. The first-order chi connectivity index (χ1) is 7.54. The summed E-state index contributed by atoms with van der Waals surface area (Å²) in [4.78, 5) is 0. The predicted molar refractivity (Wildman–Crippen MR) is 66.1 cm³/mol. The van der Waals surface area contributed by atoms with E-state index in [1.54, 1.807) is 6.07 Å². The zero-order valence-electron chi connectivity index (χ0n) is 8.56. The van der Waals surface area contributed by atoms with Crippen molar-refractivity contribution >= 4 is 38.5 Å². The third-order valence-corrected chi connectivity index (χ3v) is 3.34. The molecule has 5 heteroatoms. The summed E-state index contributed by atoms with van der Waals surface area (Å²) in [5.74, 6) is 0.0949. The summed E-state index contributed by atoms with van der Waals surface area (Å²) in [5.41, 5.74) is 6.28. The summed E-state index contributed by atoms with van der Waals surface area (Å²) in [6.45, 7) is 1.94. The first kappa shape index (κ1) is 11.9. The molecule has 2 rings (SSSR count). The largest absolute Gasteiger partial charge is 0.458 e. The van der Waals surface area contributed by atoms with E-state index in [4.69, 9.17) is 21.8 Å². The molecule has 0 spiro atoms. The quantitative estimate of drug-likeness (QED) is 0.835. The summed E-state index contributed by atoms with van der Waals surface area (Å²) < 4.78 is 19.9. The number of halogens is 3. The van der Waals surface area contributed by atoms with E-state index in [1.165, 1.54) is 6.07 Å². The molecule has 1 aromatic heterocycles. The highest BCUT2D eigenvalue weighted by molar-refractivity contribution is 9.10. The van der Waals surface area contributed by atoms with E-state index in [2.05, 4.69) is 15.9 Å². The smallest absolute Gasteiger partial charge is 0.152 e. The number of hydrogen-bond donors (Lipinski definition) is 1. The fraction of sp³-hybridized carbons (Fsp3) is 0.273. The first-order valence-electron chi connectivity index (χ1n) is 4.87. The van der Waals surface area contributed by atoms with Crippen LogP contribution in [0.3, 0.4) is 0 Å². The number of nitrogens with two attached hydrogens (primary N) is 1. The van der Waals surface area contributed by atoms with E-state index in [-0.39, 0.29) is 11.1 Å². The molecule has 0 aliphatic carbocycles. The fourth-order valence-corrected chi connectivity index (χ4v) is 2.37. The van der Waals surface area contributed by atoms with Gasteiger partial charge in [-0.25, -0.2) is 4.39 Å². The Morgan fingerprint density at radius 3 is 2.88 bits per heavy atom. The molecule has 1 heterocycles. The SMILES string of the molecule is CCC(N)c1cc2c(F)c(Cl)cc(Br)c2o1. The van der Waals surface area contributed by atoms with Crippen molar-refractivity contribution in [2.75, 3.05) is 0 Å². The molecule has 0 amide bonds. The molecule has 0 bridgehead atoms. The van der Waals surface area contributed by atoms with Crippen molar-refractivity contribution in [2.45, 2.75) is 19.4 Å². The Kier molecular flexibility index (Phi) is 3.24. The van der Waals surface area contributed by atoms with Crippen molar-refractivity contribution in [3.05, 3.63) is 33.2 Å². The molecule has 1 atom stereocenters. The Hall–Kier alpha value is -0.580. The van der Waals surface area contributed by atoms with Gasteiger partial charge in [0, 0.05) is 0 Å². The van der Waals surface area contributed by atoms with Crippen LogP contribution in [0, 0.1) is 5.82 Å². The lowest BCUT2D eigenvalue weighted by atomic mass is 10.1. The zero-order valence-corrected chi connectivity index (χ0v) is 10.9. The van der Waals surface area contributed by atoms with Gasteiger partial charge in [0.15, 0.2) is 11.4 Å². The van der Waals surface area contributed by atoms with Crippen LogP contribution in [0.2, 0.25) is 5.02 Å². The lowest BCUT2D eigenvalue weighted by molar-refractivity contribution is 0.487. The lowest BCUT2D eigenvalue weighted by Gasteiger charge is -2.02. The molecule has 2 nitrogen and oxygen atoms in total. The topological polar surface area (TPSA) is 39.2 Å². The van der Waals surface area contributed by atoms with Gasteiger partial charge in [0.2, 0.25) is 0 Å². The first-order valence-corrected chi connectivity index (χ1v) is 6.04. The number of rotatable bonds is 2. The zero-order chi connectivity index (χ0) is 11.9. The van der Waals surface area contributed by atoms with Crippen LogP contribution in [-0.2, 0) is 0 Å². The average Bonchev–Trinajstić information content (AvgIpc) is 2.70. The molecule has 1 aromatic carbocycles. The van der Waals surface area contributed by atoms with Crippen LogP contribution >= 0.6 is 27.5 Å². The van der Waals surface area contributed by atoms with Gasteiger partial charge in [0.05, 0.1) is 20.9 Å². The standard InChI is InChI=1S/C11H10BrClFNO/c1-2-8(15)9-3-5-10(14)7(13)4-6(12)11(5)16-9/h3-4,8H,2,15H2,1H3. The van der Waals surface area contributed by atoms with Crippen molar-refractivity contribution in [1.82, 2.24) is 0 Å². The summed E-state index contributed by atoms with van der Waals surface area (Å²) in [6, 6.07) is 2.86. The normalized spacial score (nSPS) is 13.3. The van der Waals surface area contributed by atoms with E-state index < -0.39 is 5.82 Å². The molecule has 0 aliphatic heterocycles. The molecule has 1 unspecified atom stereocenters. The molecule has 0 radical (unpaired) electrons. The van der Waals surface area contributed by atoms with Crippen molar-refractivity contribution in [3.63, 3.8) is 0 Å². The van der Waals surface area contributed by atoms with Crippen molar-refractivity contribution in [2.24, 2.45) is 5.73 Å². The molecule has 2 aromatic rings. The Bertz CT molecular complexity index is 540. The van der Waals surface area contributed by atoms with Crippen LogP contribution in [0.15, 0.2) is 21.0 Å². The van der Waals surface area contributed by atoms with Gasteiger partial charge in [-0.2, -0.15) is 0 Å². The fourth-order valence-electron chi connectivity index (χ4n) is 1.50. The van der Waals surface area contributed by atoms with Gasteiger partial charge >= 0.3 is 0 Å². The number of benzene rings is 1. The minimum absolute atomic E-state index is 0.0665. The number of furan rings is 1. The van der Waals surface area contributed by atoms with Crippen LogP contribution < -0.4 is 5.73 Å². The Morgan fingerprint density at radius 2 is 2.25 bits per heavy atom. The molecule has 16 heavy (non-hydrogen) atoms. The molecule has 0 saturated carbocycles. The van der Waals surface area contributed by atoms with Gasteiger partial charge < -0.3 is 10.2 Å². The Morgan fingerprint density at radius 1 is 1.56 bits per heavy atom. The number of fused-ring (bicyclic) bond motifs is 1. The van der Waals surface area contributed by atoms with Gasteiger partial charge in [0.1, 0.15) is 5.76 Å². The van der Waals surface area contributed by atoms with Gasteiger partial charge in [-0.3, -0.25) is 0 Å². The molecular formula is C11H10BrClFNO. The molecule has 2 N–H and O–H groups in total. The molecule has 86 valence electrons. The minimum atomic E-state index is -0.474. The third-order valence-electron chi connectivity index (χ3n) is 2.47. The monoisotopic (exact) mass is 305 g/mol. The van der Waals surface area contributed by atoms with Crippen molar-refractivity contribution in [1.29, 1.82) is 0 Å². The maximum Gasteiger partial charge on any atom is 0.152 e. The van der Waals surface area contributed by atoms with Gasteiger partial charge in [0.25, 0.3) is 0 Å². The molecule has 0 saturated heterocycles. The summed E-state index contributed by atoms with van der Waals surface area (Å²) >= 11 is 9.02. The van der Waals surface area contributed by atoms with E-state index >= 15 is 0 Å². The van der Waals surface area contributed by atoms with Gasteiger partial charge in [-0.05, 0) is 34.5 Å². The Labute approximate surface area is 106 Å². The highest BCUT2D eigenvalue weighted by Crippen LogP contribution is 2.35. The second kappa shape index (κ2) is 4.35. The van der Waals surface area contributed by atoms with Crippen LogP contribution in [-0.4, -0.2) is 0 Å². The van der Waals surface area contributed by atoms with E-state index in [0.29, 0.717) is 21.2 Å². The lowest BCUT2D eigenvalue weighted by Crippen LogP contribution is -2.06. The molecule has 0 aliphatic rings. The average molecular weight is 307 g/mol. The predicted octanol–water partition coefficient (Wildman–Crippen LogP) is 4.40. The molecule has 0 fully saturated rings. The van der Waals surface area contributed by atoms with Crippen LogP contribution in [0.25, 0.3) is 11.0 Å². The molecular weight excluding hydrogens is 296 g/mol. The summed E-state index contributed by atoms with van der Waals surface area (Å²) in [7, 11) is 0. The van der Waals surface area contributed by atoms with E-state index in [9.17, 15) is 4.39 Å². The maximum atomic E-state index is 13.7. The van der Waals surface area contributed by atoms with Gasteiger partial charge in [-0.15, -0.1) is 0 Å². The van der Waals surface area contributed by atoms with Crippen molar-refractivity contribution in [3.8, 4) is 0 Å². The maximum absolute atomic E-state index is 13.7. The van der Waals surface area contributed by atoms with Gasteiger partial charge in [-0.1, -0.05) is 18.5 Å². The Balaban J connectivity index is 2.70. The third kappa shape index (κ3) is 1.85.